The highest BCUT2D eigenvalue weighted by molar-refractivity contribution is 6.34. The molecule has 1 N–H and O–H groups in total. The highest BCUT2D eigenvalue weighted by Crippen LogP contribution is 2.17. The zero-order chi connectivity index (χ0) is 14.9. The monoisotopic (exact) mass is 297 g/mol. The van der Waals surface area contributed by atoms with Crippen molar-refractivity contribution >= 4 is 23.5 Å². The van der Waals surface area contributed by atoms with Gasteiger partial charge in [0.05, 0.1) is 5.02 Å². The molecule has 2 rings (SSSR count). The van der Waals surface area contributed by atoms with E-state index in [4.69, 9.17) is 11.6 Å². The first-order valence-corrected chi connectivity index (χ1v) is 6.12. The number of aryl methyl sites for hydroxylation is 2. The van der Waals surface area contributed by atoms with E-state index in [0.717, 1.165) is 4.68 Å². The molecule has 0 radical (unpaired) electrons. The molecule has 0 spiro atoms. The van der Waals surface area contributed by atoms with E-state index in [2.05, 4.69) is 25.9 Å². The minimum absolute atomic E-state index is 0.0447. The lowest BCUT2D eigenvalue weighted by Crippen LogP contribution is -2.29. The lowest BCUT2D eigenvalue weighted by molar-refractivity contribution is 0.101. The number of rotatable bonds is 3. The summed E-state index contributed by atoms with van der Waals surface area (Å²) in [7, 11) is 3.03. The molecule has 0 saturated heterocycles. The van der Waals surface area contributed by atoms with E-state index in [1.807, 2.05) is 0 Å². The van der Waals surface area contributed by atoms with Gasteiger partial charge in [0.15, 0.2) is 5.69 Å². The molecule has 2 aromatic heterocycles. The number of carbonyl (C=O) groups excluding carboxylic acids is 1. The van der Waals surface area contributed by atoms with E-state index in [0.29, 0.717) is 12.0 Å². The first-order chi connectivity index (χ1) is 9.45. The predicted octanol–water partition coefficient (Wildman–Crippen LogP) is -0.228. The SMILES string of the molecule is CCc1c(Cl)c(C(=O)Nc2nnnn2C)nn(C)c1=O. The van der Waals surface area contributed by atoms with Crippen molar-refractivity contribution in [3.8, 4) is 0 Å². The van der Waals surface area contributed by atoms with Crippen LogP contribution in [0.15, 0.2) is 4.79 Å². The van der Waals surface area contributed by atoms with Crippen molar-refractivity contribution in [3.63, 3.8) is 0 Å². The Balaban J connectivity index is 2.43. The number of amides is 1. The average molecular weight is 298 g/mol. The van der Waals surface area contributed by atoms with E-state index in [1.54, 1.807) is 14.0 Å². The molecule has 20 heavy (non-hydrogen) atoms. The second kappa shape index (κ2) is 5.37. The predicted molar refractivity (Wildman–Crippen MR) is 70.6 cm³/mol. The number of halogens is 1. The van der Waals surface area contributed by atoms with Crippen molar-refractivity contribution in [2.75, 3.05) is 5.32 Å². The zero-order valence-corrected chi connectivity index (χ0v) is 11.8. The summed E-state index contributed by atoms with van der Waals surface area (Å²) in [6, 6.07) is 0. The van der Waals surface area contributed by atoms with Gasteiger partial charge in [-0.05, 0) is 16.8 Å². The Hall–Kier alpha value is -2.29. The van der Waals surface area contributed by atoms with Crippen LogP contribution in [0.4, 0.5) is 5.95 Å². The summed E-state index contributed by atoms with van der Waals surface area (Å²) in [4.78, 5) is 23.9. The smallest absolute Gasteiger partial charge is 0.280 e. The van der Waals surface area contributed by atoms with E-state index < -0.39 is 5.91 Å². The summed E-state index contributed by atoms with van der Waals surface area (Å²) in [5.41, 5.74) is -0.0339. The molecule has 0 aliphatic rings. The van der Waals surface area contributed by atoms with Gasteiger partial charge in [-0.3, -0.25) is 14.9 Å². The van der Waals surface area contributed by atoms with Crippen LogP contribution in [0.3, 0.4) is 0 Å². The second-order valence-electron chi connectivity index (χ2n) is 4.00. The maximum atomic E-state index is 12.1. The fourth-order valence-corrected chi connectivity index (χ4v) is 1.96. The Bertz CT molecular complexity index is 721. The average Bonchev–Trinajstić information content (AvgIpc) is 2.80. The number of aromatic nitrogens is 6. The van der Waals surface area contributed by atoms with E-state index >= 15 is 0 Å². The molecule has 2 heterocycles. The Morgan fingerprint density at radius 3 is 2.60 bits per heavy atom. The van der Waals surface area contributed by atoms with Crippen molar-refractivity contribution < 1.29 is 4.79 Å². The van der Waals surface area contributed by atoms with Crippen LogP contribution in [-0.4, -0.2) is 35.9 Å². The highest BCUT2D eigenvalue weighted by Gasteiger charge is 2.20. The van der Waals surface area contributed by atoms with Crippen LogP contribution in [0.1, 0.15) is 23.0 Å². The summed E-state index contributed by atoms with van der Waals surface area (Å²) in [5, 5.41) is 17.0. The fraction of sp³-hybridized carbons (Fsp3) is 0.400. The van der Waals surface area contributed by atoms with Crippen molar-refractivity contribution in [2.45, 2.75) is 13.3 Å². The summed E-state index contributed by atoms with van der Waals surface area (Å²) >= 11 is 6.07. The molecule has 2 aromatic rings. The van der Waals surface area contributed by atoms with Crippen molar-refractivity contribution in [2.24, 2.45) is 14.1 Å². The summed E-state index contributed by atoms with van der Waals surface area (Å²) in [6.07, 6.45) is 0.403. The van der Waals surface area contributed by atoms with Gasteiger partial charge in [0.1, 0.15) is 0 Å². The van der Waals surface area contributed by atoms with Gasteiger partial charge in [0.2, 0.25) is 5.95 Å². The fourth-order valence-electron chi connectivity index (χ4n) is 1.62. The molecule has 0 fully saturated rings. The number of tetrazole rings is 1. The maximum Gasteiger partial charge on any atom is 0.280 e. The van der Waals surface area contributed by atoms with Gasteiger partial charge in [-0.1, -0.05) is 23.6 Å². The molecule has 1 amide bonds. The van der Waals surface area contributed by atoms with Gasteiger partial charge in [-0.2, -0.15) is 5.10 Å². The number of hydrogen-bond acceptors (Lipinski definition) is 6. The Kier molecular flexibility index (Phi) is 3.79. The standard InChI is InChI=1S/C10H12ClN7O2/c1-4-5-6(11)7(14-17(2)9(5)20)8(19)12-10-13-15-16-18(10)3/h4H2,1-3H3,(H,12,13,16,19). The third-order valence-corrected chi connectivity index (χ3v) is 3.10. The molecule has 106 valence electrons. The number of nitrogens with one attached hydrogen (secondary N) is 1. The van der Waals surface area contributed by atoms with Crippen LogP contribution in [-0.2, 0) is 20.5 Å². The Morgan fingerprint density at radius 2 is 2.05 bits per heavy atom. The van der Waals surface area contributed by atoms with Crippen LogP contribution in [0.25, 0.3) is 0 Å². The minimum atomic E-state index is -0.585. The van der Waals surface area contributed by atoms with Crippen LogP contribution in [0, 0.1) is 0 Å². The van der Waals surface area contributed by atoms with Gasteiger partial charge < -0.3 is 0 Å². The molecular formula is C10H12ClN7O2. The first kappa shape index (κ1) is 14.1. The van der Waals surface area contributed by atoms with Gasteiger partial charge in [0, 0.05) is 19.7 Å². The summed E-state index contributed by atoms with van der Waals surface area (Å²) in [6.45, 7) is 1.77. The largest absolute Gasteiger partial charge is 0.288 e. The van der Waals surface area contributed by atoms with Gasteiger partial charge >= 0.3 is 0 Å². The van der Waals surface area contributed by atoms with E-state index in [9.17, 15) is 9.59 Å². The van der Waals surface area contributed by atoms with Crippen LogP contribution < -0.4 is 10.9 Å². The number of anilines is 1. The van der Waals surface area contributed by atoms with Gasteiger partial charge in [-0.15, -0.1) is 0 Å². The molecule has 0 unspecified atom stereocenters. The first-order valence-electron chi connectivity index (χ1n) is 5.75. The number of carbonyl (C=O) groups is 1. The van der Waals surface area contributed by atoms with Crippen LogP contribution in [0.5, 0.6) is 0 Å². The molecular weight excluding hydrogens is 286 g/mol. The number of nitrogens with zero attached hydrogens (tertiary/aromatic N) is 6. The zero-order valence-electron chi connectivity index (χ0n) is 11.1. The molecule has 0 aliphatic heterocycles. The Labute approximate surface area is 118 Å². The van der Waals surface area contributed by atoms with Crippen molar-refractivity contribution in [3.05, 3.63) is 26.6 Å². The molecule has 10 heteroatoms. The van der Waals surface area contributed by atoms with Gasteiger partial charge in [0.25, 0.3) is 11.5 Å². The molecule has 0 atom stereocenters. The summed E-state index contributed by atoms with van der Waals surface area (Å²) < 4.78 is 2.36. The molecule has 0 bridgehead atoms. The minimum Gasteiger partial charge on any atom is -0.288 e. The van der Waals surface area contributed by atoms with Gasteiger partial charge in [-0.25, -0.2) is 9.36 Å². The second-order valence-corrected chi connectivity index (χ2v) is 4.38. The third kappa shape index (κ3) is 2.39. The Morgan fingerprint density at radius 1 is 1.35 bits per heavy atom. The highest BCUT2D eigenvalue weighted by atomic mass is 35.5. The van der Waals surface area contributed by atoms with Crippen molar-refractivity contribution in [1.29, 1.82) is 0 Å². The lowest BCUT2D eigenvalue weighted by Gasteiger charge is -2.09. The number of hydrogen-bond donors (Lipinski definition) is 1. The third-order valence-electron chi connectivity index (χ3n) is 2.69. The quantitative estimate of drug-likeness (QED) is 0.838. The summed E-state index contributed by atoms with van der Waals surface area (Å²) in [5.74, 6) is -0.432. The molecule has 0 saturated carbocycles. The van der Waals surface area contributed by atoms with Crippen LogP contribution >= 0.6 is 11.6 Å². The topological polar surface area (TPSA) is 108 Å². The van der Waals surface area contributed by atoms with E-state index in [1.165, 1.54) is 11.7 Å². The lowest BCUT2D eigenvalue weighted by atomic mass is 10.2. The van der Waals surface area contributed by atoms with Crippen molar-refractivity contribution in [1.82, 2.24) is 30.0 Å². The maximum absolute atomic E-state index is 12.1. The normalized spacial score (nSPS) is 10.6. The van der Waals surface area contributed by atoms with E-state index in [-0.39, 0.29) is 22.2 Å². The van der Waals surface area contributed by atoms with Crippen LogP contribution in [0.2, 0.25) is 5.02 Å². The molecule has 0 aliphatic carbocycles. The molecule has 9 nitrogen and oxygen atoms in total. The molecule has 0 aromatic carbocycles.